The first-order valence-electron chi connectivity index (χ1n) is 3.96. The maximum atomic E-state index is 4.38. The van der Waals surface area contributed by atoms with E-state index in [9.17, 15) is 0 Å². The van der Waals surface area contributed by atoms with E-state index in [1.165, 1.54) is 18.7 Å². The molecule has 1 heterocycles. The molecule has 0 radical (unpaired) electrons. The van der Waals surface area contributed by atoms with Crippen LogP contribution in [0.15, 0.2) is 4.99 Å². The van der Waals surface area contributed by atoms with Crippen LogP contribution in [0.25, 0.3) is 0 Å². The molecular formula is C8H15N2+. The third-order valence-corrected chi connectivity index (χ3v) is 1.85. The molecule has 0 aromatic carbocycles. The lowest BCUT2D eigenvalue weighted by molar-refractivity contribution is -0.397. The Balaban J connectivity index is 2.53. The lowest BCUT2D eigenvalue weighted by Crippen LogP contribution is -2.21. The van der Waals surface area contributed by atoms with Crippen molar-refractivity contribution in [2.24, 2.45) is 4.99 Å². The van der Waals surface area contributed by atoms with Crippen molar-refractivity contribution in [1.29, 1.82) is 0 Å². The number of rotatable bonds is 1. The largest absolute Gasteiger partial charge is 0.291 e. The highest BCUT2D eigenvalue weighted by atomic mass is 15.1. The molecule has 0 aromatic heterocycles. The predicted molar refractivity (Wildman–Crippen MR) is 44.1 cm³/mol. The van der Waals surface area contributed by atoms with Crippen molar-refractivity contribution in [2.45, 2.75) is 26.2 Å². The van der Waals surface area contributed by atoms with Crippen LogP contribution in [0.4, 0.5) is 0 Å². The summed E-state index contributed by atoms with van der Waals surface area (Å²) in [5.74, 6) is 1.19. The van der Waals surface area contributed by atoms with Crippen LogP contribution in [-0.2, 0) is 0 Å². The Morgan fingerprint density at radius 1 is 1.60 bits per heavy atom. The van der Waals surface area contributed by atoms with Gasteiger partial charge in [-0.05, 0) is 19.8 Å². The minimum Gasteiger partial charge on any atom is -0.242 e. The molecule has 0 spiro atoms. The van der Waals surface area contributed by atoms with Gasteiger partial charge in [0.15, 0.2) is 0 Å². The summed E-state index contributed by atoms with van der Waals surface area (Å²) in [5, 5.41) is 0. The zero-order chi connectivity index (χ0) is 7.40. The summed E-state index contributed by atoms with van der Waals surface area (Å²) in [6, 6.07) is 0. The van der Waals surface area contributed by atoms with E-state index < -0.39 is 0 Å². The fourth-order valence-electron chi connectivity index (χ4n) is 1.12. The third kappa shape index (κ3) is 1.66. The Bertz CT molecular complexity index is 159. The monoisotopic (exact) mass is 139 g/mol. The topological polar surface area (TPSA) is 15.4 Å². The SMILES string of the molecule is C=[N+](CC)C1=NCCCC1. The number of nitrogens with zero attached hydrogens (tertiary/aromatic N) is 2. The smallest absolute Gasteiger partial charge is 0.242 e. The van der Waals surface area contributed by atoms with Crippen LogP contribution in [0.5, 0.6) is 0 Å². The van der Waals surface area contributed by atoms with Crippen LogP contribution in [0.3, 0.4) is 0 Å². The molecule has 0 bridgehead atoms. The van der Waals surface area contributed by atoms with Gasteiger partial charge in [0.25, 0.3) is 5.84 Å². The van der Waals surface area contributed by atoms with Gasteiger partial charge in [-0.3, -0.25) is 0 Å². The van der Waals surface area contributed by atoms with E-state index in [4.69, 9.17) is 0 Å². The Morgan fingerprint density at radius 3 is 2.90 bits per heavy atom. The average molecular weight is 139 g/mol. The molecule has 0 fully saturated rings. The Hall–Kier alpha value is -0.660. The zero-order valence-electron chi connectivity index (χ0n) is 6.64. The van der Waals surface area contributed by atoms with Gasteiger partial charge in [0, 0.05) is 0 Å². The van der Waals surface area contributed by atoms with Gasteiger partial charge in [0.2, 0.25) is 0 Å². The molecule has 0 amide bonds. The molecule has 2 heteroatoms. The summed E-state index contributed by atoms with van der Waals surface area (Å²) in [6.45, 7) is 7.96. The normalized spacial score (nSPS) is 18.3. The molecule has 0 unspecified atom stereocenters. The molecule has 0 saturated carbocycles. The quantitative estimate of drug-likeness (QED) is 0.384. The van der Waals surface area contributed by atoms with Crippen molar-refractivity contribution in [2.75, 3.05) is 13.1 Å². The van der Waals surface area contributed by atoms with Crippen molar-refractivity contribution in [3.63, 3.8) is 0 Å². The van der Waals surface area contributed by atoms with E-state index in [-0.39, 0.29) is 0 Å². The summed E-state index contributed by atoms with van der Waals surface area (Å²) in [5.41, 5.74) is 0. The van der Waals surface area contributed by atoms with Gasteiger partial charge in [0.1, 0.15) is 6.54 Å². The van der Waals surface area contributed by atoms with Crippen LogP contribution < -0.4 is 0 Å². The molecule has 10 heavy (non-hydrogen) atoms. The second-order valence-electron chi connectivity index (χ2n) is 2.61. The van der Waals surface area contributed by atoms with Crippen LogP contribution >= 0.6 is 0 Å². The van der Waals surface area contributed by atoms with Gasteiger partial charge in [0.05, 0.1) is 19.7 Å². The molecule has 0 saturated heterocycles. The summed E-state index contributed by atoms with van der Waals surface area (Å²) < 4.78 is 1.99. The number of amidine groups is 1. The number of hydrogen-bond acceptors (Lipinski definition) is 1. The minimum absolute atomic E-state index is 0.971. The molecule has 1 aliphatic rings. The second kappa shape index (κ2) is 3.49. The summed E-state index contributed by atoms with van der Waals surface area (Å²) >= 11 is 0. The van der Waals surface area contributed by atoms with E-state index in [1.807, 2.05) is 4.58 Å². The molecule has 56 valence electrons. The Kier molecular flexibility index (Phi) is 2.60. The maximum absolute atomic E-state index is 4.38. The van der Waals surface area contributed by atoms with Crippen LogP contribution in [0.1, 0.15) is 26.2 Å². The Labute approximate surface area is 62.3 Å². The molecule has 0 atom stereocenters. The first kappa shape index (κ1) is 7.45. The number of hydrogen-bond donors (Lipinski definition) is 0. The van der Waals surface area contributed by atoms with Gasteiger partial charge in [-0.15, -0.1) is 0 Å². The Morgan fingerprint density at radius 2 is 2.40 bits per heavy atom. The van der Waals surface area contributed by atoms with Gasteiger partial charge >= 0.3 is 0 Å². The maximum Gasteiger partial charge on any atom is 0.291 e. The van der Waals surface area contributed by atoms with Gasteiger partial charge < -0.3 is 0 Å². The molecule has 2 nitrogen and oxygen atoms in total. The molecular weight excluding hydrogens is 124 g/mol. The average Bonchev–Trinajstić information content (AvgIpc) is 2.05. The highest BCUT2D eigenvalue weighted by molar-refractivity contribution is 5.75. The molecule has 0 N–H and O–H groups in total. The van der Waals surface area contributed by atoms with E-state index in [0.717, 1.165) is 19.5 Å². The van der Waals surface area contributed by atoms with Crippen LogP contribution in [0.2, 0.25) is 0 Å². The summed E-state index contributed by atoms with van der Waals surface area (Å²) in [6.07, 6.45) is 3.66. The fourth-order valence-corrected chi connectivity index (χ4v) is 1.12. The third-order valence-electron chi connectivity index (χ3n) is 1.85. The lowest BCUT2D eigenvalue weighted by atomic mass is 10.2. The van der Waals surface area contributed by atoms with E-state index in [2.05, 4.69) is 18.6 Å². The second-order valence-corrected chi connectivity index (χ2v) is 2.61. The standard InChI is InChI=1S/C8H15N2/c1-3-10(2)8-6-4-5-7-9-8/h2-7H2,1H3/q+1. The van der Waals surface area contributed by atoms with Gasteiger partial charge in [-0.25, -0.2) is 4.58 Å². The minimum atomic E-state index is 0.971. The van der Waals surface area contributed by atoms with Crippen molar-refractivity contribution in [1.82, 2.24) is 0 Å². The van der Waals surface area contributed by atoms with Crippen molar-refractivity contribution < 1.29 is 4.58 Å². The molecule has 0 aliphatic carbocycles. The molecule has 0 aromatic rings. The lowest BCUT2D eigenvalue weighted by Gasteiger charge is -2.05. The fraction of sp³-hybridized carbons (Fsp3) is 0.750. The van der Waals surface area contributed by atoms with E-state index in [1.54, 1.807) is 0 Å². The van der Waals surface area contributed by atoms with Crippen LogP contribution in [0, 0.1) is 0 Å². The first-order valence-corrected chi connectivity index (χ1v) is 3.96. The van der Waals surface area contributed by atoms with Gasteiger partial charge in [-0.2, -0.15) is 0 Å². The van der Waals surface area contributed by atoms with Crippen molar-refractivity contribution in [3.8, 4) is 0 Å². The number of aliphatic imine (C=N–C) groups is 1. The molecule has 1 aliphatic heterocycles. The summed E-state index contributed by atoms with van der Waals surface area (Å²) in [7, 11) is 0. The zero-order valence-corrected chi connectivity index (χ0v) is 6.64. The highest BCUT2D eigenvalue weighted by Gasteiger charge is 2.14. The van der Waals surface area contributed by atoms with Crippen molar-refractivity contribution in [3.05, 3.63) is 0 Å². The van der Waals surface area contributed by atoms with Crippen molar-refractivity contribution >= 4 is 12.6 Å². The van der Waals surface area contributed by atoms with E-state index in [0.29, 0.717) is 0 Å². The van der Waals surface area contributed by atoms with Crippen LogP contribution in [-0.4, -0.2) is 30.2 Å². The summed E-state index contributed by atoms with van der Waals surface area (Å²) in [4.78, 5) is 4.38. The molecule has 1 rings (SSSR count). The first-order chi connectivity index (χ1) is 4.84. The highest BCUT2D eigenvalue weighted by Crippen LogP contribution is 2.05. The predicted octanol–water partition coefficient (Wildman–Crippen LogP) is 1.30. The van der Waals surface area contributed by atoms with E-state index >= 15 is 0 Å². The van der Waals surface area contributed by atoms with Gasteiger partial charge in [-0.1, -0.05) is 4.99 Å².